The number of carbonyl (C=O) groups excluding carboxylic acids is 1. The minimum atomic E-state index is -0.392. The first kappa shape index (κ1) is 12.2. The molecule has 5 nitrogen and oxygen atoms in total. The van der Waals surface area contributed by atoms with Gasteiger partial charge in [-0.1, -0.05) is 6.92 Å². The Morgan fingerprint density at radius 1 is 1.39 bits per heavy atom. The van der Waals surface area contributed by atoms with Gasteiger partial charge in [-0.15, -0.1) is 0 Å². The number of carbonyl (C=O) groups is 1. The lowest BCUT2D eigenvalue weighted by Gasteiger charge is -2.07. The van der Waals surface area contributed by atoms with Crippen LogP contribution in [0.1, 0.15) is 23.0 Å². The molecule has 0 amide bonds. The Hall–Kier alpha value is -2.30. The maximum absolute atomic E-state index is 11.6. The van der Waals surface area contributed by atoms with Crippen LogP contribution in [0.2, 0.25) is 0 Å². The first-order chi connectivity index (χ1) is 8.67. The standard InChI is InChI=1S/C13H14N2O3/c1-3-12-11(13(17)18-2)8-14-15(12)9-4-6-10(16)7-5-9/h4-8,16H,3H2,1-2H3. The molecule has 0 radical (unpaired) electrons. The van der Waals surface area contributed by atoms with Gasteiger partial charge in [-0.3, -0.25) is 0 Å². The summed E-state index contributed by atoms with van der Waals surface area (Å²) in [6, 6.07) is 6.63. The summed E-state index contributed by atoms with van der Waals surface area (Å²) in [6.45, 7) is 1.94. The van der Waals surface area contributed by atoms with Crippen LogP contribution >= 0.6 is 0 Å². The summed E-state index contributed by atoms with van der Waals surface area (Å²) in [7, 11) is 1.35. The number of esters is 1. The highest BCUT2D eigenvalue weighted by atomic mass is 16.5. The number of ether oxygens (including phenoxy) is 1. The lowest BCUT2D eigenvalue weighted by molar-refractivity contribution is 0.0599. The molecule has 1 aromatic carbocycles. The molecule has 0 aliphatic heterocycles. The monoisotopic (exact) mass is 246 g/mol. The summed E-state index contributed by atoms with van der Waals surface area (Å²) in [5.41, 5.74) is 2.04. The molecule has 0 aliphatic carbocycles. The normalized spacial score (nSPS) is 10.3. The summed E-state index contributed by atoms with van der Waals surface area (Å²) in [6.07, 6.45) is 2.16. The summed E-state index contributed by atoms with van der Waals surface area (Å²) in [5, 5.41) is 13.4. The van der Waals surface area contributed by atoms with Crippen molar-refractivity contribution in [3.05, 3.63) is 41.7 Å². The Bertz CT molecular complexity index is 558. The van der Waals surface area contributed by atoms with Crippen molar-refractivity contribution in [1.29, 1.82) is 0 Å². The molecule has 1 aromatic heterocycles. The number of hydrogen-bond acceptors (Lipinski definition) is 4. The molecule has 1 heterocycles. The SMILES string of the molecule is CCc1c(C(=O)OC)cnn1-c1ccc(O)cc1. The van der Waals surface area contributed by atoms with E-state index in [2.05, 4.69) is 5.10 Å². The highest BCUT2D eigenvalue weighted by Gasteiger charge is 2.17. The topological polar surface area (TPSA) is 64.3 Å². The molecular formula is C13H14N2O3. The number of phenolic OH excluding ortho intramolecular Hbond substituents is 1. The fourth-order valence-corrected chi connectivity index (χ4v) is 1.81. The van der Waals surface area contributed by atoms with E-state index in [9.17, 15) is 9.90 Å². The van der Waals surface area contributed by atoms with Crippen LogP contribution in [-0.4, -0.2) is 28.0 Å². The smallest absolute Gasteiger partial charge is 0.341 e. The van der Waals surface area contributed by atoms with Gasteiger partial charge in [0.2, 0.25) is 0 Å². The zero-order valence-electron chi connectivity index (χ0n) is 10.3. The summed E-state index contributed by atoms with van der Waals surface area (Å²) in [5.74, 6) is -0.200. The molecule has 2 rings (SSSR count). The molecule has 94 valence electrons. The van der Waals surface area contributed by atoms with Crippen molar-refractivity contribution in [2.75, 3.05) is 7.11 Å². The van der Waals surface area contributed by atoms with Gasteiger partial charge >= 0.3 is 5.97 Å². The molecule has 1 N–H and O–H groups in total. The largest absolute Gasteiger partial charge is 0.508 e. The second-order valence-electron chi connectivity index (χ2n) is 3.78. The van der Waals surface area contributed by atoms with E-state index in [1.165, 1.54) is 13.3 Å². The Morgan fingerprint density at radius 3 is 2.61 bits per heavy atom. The van der Waals surface area contributed by atoms with Gasteiger partial charge in [0, 0.05) is 0 Å². The zero-order chi connectivity index (χ0) is 13.1. The second-order valence-corrected chi connectivity index (χ2v) is 3.78. The van der Waals surface area contributed by atoms with Gasteiger partial charge < -0.3 is 9.84 Å². The number of nitrogens with zero attached hydrogens (tertiary/aromatic N) is 2. The molecule has 0 saturated heterocycles. The summed E-state index contributed by atoms with van der Waals surface area (Å²) in [4.78, 5) is 11.6. The number of aromatic nitrogens is 2. The van der Waals surface area contributed by atoms with Crippen molar-refractivity contribution >= 4 is 5.97 Å². The van der Waals surface area contributed by atoms with Gasteiger partial charge in [-0.05, 0) is 30.7 Å². The third-order valence-corrected chi connectivity index (χ3v) is 2.70. The summed E-state index contributed by atoms with van der Waals surface area (Å²) >= 11 is 0. The van der Waals surface area contributed by atoms with Gasteiger partial charge in [0.15, 0.2) is 0 Å². The van der Waals surface area contributed by atoms with E-state index in [4.69, 9.17) is 4.74 Å². The first-order valence-corrected chi connectivity index (χ1v) is 5.62. The van der Waals surface area contributed by atoms with Gasteiger partial charge in [-0.25, -0.2) is 9.48 Å². The van der Waals surface area contributed by atoms with Gasteiger partial charge in [0.1, 0.15) is 11.3 Å². The molecule has 18 heavy (non-hydrogen) atoms. The molecule has 0 aliphatic rings. The van der Waals surface area contributed by atoms with Crippen LogP contribution in [0.3, 0.4) is 0 Å². The predicted molar refractivity (Wildman–Crippen MR) is 65.9 cm³/mol. The molecule has 5 heteroatoms. The highest BCUT2D eigenvalue weighted by molar-refractivity contribution is 5.90. The quantitative estimate of drug-likeness (QED) is 0.840. The Labute approximate surface area is 105 Å². The van der Waals surface area contributed by atoms with E-state index in [0.717, 1.165) is 11.4 Å². The van der Waals surface area contributed by atoms with Crippen molar-refractivity contribution in [2.24, 2.45) is 0 Å². The van der Waals surface area contributed by atoms with Crippen molar-refractivity contribution in [3.8, 4) is 11.4 Å². The number of benzene rings is 1. The van der Waals surface area contributed by atoms with Crippen LogP contribution in [0.25, 0.3) is 5.69 Å². The van der Waals surface area contributed by atoms with Crippen molar-refractivity contribution in [3.63, 3.8) is 0 Å². The molecule has 0 atom stereocenters. The Balaban J connectivity index is 2.48. The number of phenols is 1. The third-order valence-electron chi connectivity index (χ3n) is 2.70. The molecule has 0 unspecified atom stereocenters. The van der Waals surface area contributed by atoms with E-state index in [1.807, 2.05) is 6.92 Å². The van der Waals surface area contributed by atoms with E-state index in [0.29, 0.717) is 12.0 Å². The average Bonchev–Trinajstić information content (AvgIpc) is 2.82. The van der Waals surface area contributed by atoms with Crippen LogP contribution in [-0.2, 0) is 11.2 Å². The Morgan fingerprint density at radius 2 is 2.06 bits per heavy atom. The fraction of sp³-hybridized carbons (Fsp3) is 0.231. The van der Waals surface area contributed by atoms with E-state index in [-0.39, 0.29) is 5.75 Å². The van der Waals surface area contributed by atoms with Crippen molar-refractivity contribution in [2.45, 2.75) is 13.3 Å². The van der Waals surface area contributed by atoms with Crippen LogP contribution < -0.4 is 0 Å². The van der Waals surface area contributed by atoms with E-state index < -0.39 is 5.97 Å². The lowest BCUT2D eigenvalue weighted by atomic mass is 10.2. The van der Waals surface area contributed by atoms with Crippen LogP contribution in [0.15, 0.2) is 30.5 Å². The molecule has 0 saturated carbocycles. The highest BCUT2D eigenvalue weighted by Crippen LogP contribution is 2.18. The van der Waals surface area contributed by atoms with E-state index >= 15 is 0 Å². The van der Waals surface area contributed by atoms with Crippen LogP contribution in [0.5, 0.6) is 5.75 Å². The van der Waals surface area contributed by atoms with Gasteiger partial charge in [-0.2, -0.15) is 5.10 Å². The fourth-order valence-electron chi connectivity index (χ4n) is 1.81. The molecule has 0 spiro atoms. The molecular weight excluding hydrogens is 232 g/mol. The van der Waals surface area contributed by atoms with Crippen LogP contribution in [0.4, 0.5) is 0 Å². The van der Waals surface area contributed by atoms with Crippen molar-refractivity contribution in [1.82, 2.24) is 9.78 Å². The average molecular weight is 246 g/mol. The van der Waals surface area contributed by atoms with Crippen LogP contribution in [0, 0.1) is 0 Å². The molecule has 2 aromatic rings. The number of hydrogen-bond donors (Lipinski definition) is 1. The maximum atomic E-state index is 11.6. The van der Waals surface area contributed by atoms with Gasteiger partial charge in [0.05, 0.1) is 24.7 Å². The summed E-state index contributed by atoms with van der Waals surface area (Å²) < 4.78 is 6.39. The Kier molecular flexibility index (Phi) is 3.32. The maximum Gasteiger partial charge on any atom is 0.341 e. The van der Waals surface area contributed by atoms with E-state index in [1.54, 1.807) is 28.9 Å². The second kappa shape index (κ2) is 4.91. The van der Waals surface area contributed by atoms with Gasteiger partial charge in [0.25, 0.3) is 0 Å². The molecule has 0 fully saturated rings. The first-order valence-electron chi connectivity index (χ1n) is 5.62. The molecule has 0 bridgehead atoms. The van der Waals surface area contributed by atoms with Crippen molar-refractivity contribution < 1.29 is 14.6 Å². The zero-order valence-corrected chi connectivity index (χ0v) is 10.3. The minimum Gasteiger partial charge on any atom is -0.508 e. The number of methoxy groups -OCH3 is 1. The minimum absolute atomic E-state index is 0.192. The lowest BCUT2D eigenvalue weighted by Crippen LogP contribution is -2.07. The third kappa shape index (κ3) is 2.07. The number of aromatic hydroxyl groups is 1. The predicted octanol–water partition coefficient (Wildman–Crippen LogP) is 1.93. The number of rotatable bonds is 3.